The number of nitrogens with zero attached hydrogens (tertiary/aromatic N) is 2. The van der Waals surface area contributed by atoms with Gasteiger partial charge in [-0.1, -0.05) is 15.9 Å². The number of carbonyl (C=O) groups is 1. The highest BCUT2D eigenvalue weighted by Crippen LogP contribution is 2.18. The predicted molar refractivity (Wildman–Crippen MR) is 73.0 cm³/mol. The third-order valence-corrected chi connectivity index (χ3v) is 3.21. The van der Waals surface area contributed by atoms with Gasteiger partial charge in [0.15, 0.2) is 5.69 Å². The molecule has 88 valence electrons. The Morgan fingerprint density at radius 3 is 2.47 bits per heavy atom. The summed E-state index contributed by atoms with van der Waals surface area (Å²) in [7, 11) is 1.77. The van der Waals surface area contributed by atoms with Gasteiger partial charge in [0.2, 0.25) is 0 Å². The standard InChI is InChI=1S/C11H9Br2N3O/c1-16-6-9(13)10(15-16)11(17)14-8-4-2-7(12)3-5-8/h2-6H,1H3,(H,14,17). The summed E-state index contributed by atoms with van der Waals surface area (Å²) in [5.41, 5.74) is 1.10. The van der Waals surface area contributed by atoms with Gasteiger partial charge in [-0.2, -0.15) is 5.10 Å². The SMILES string of the molecule is Cn1cc(Br)c(C(=O)Nc2ccc(Br)cc2)n1. The zero-order valence-electron chi connectivity index (χ0n) is 8.95. The van der Waals surface area contributed by atoms with E-state index in [4.69, 9.17) is 0 Å². The normalized spacial score (nSPS) is 10.3. The van der Waals surface area contributed by atoms with Crippen molar-refractivity contribution < 1.29 is 4.79 Å². The molecule has 0 fully saturated rings. The largest absolute Gasteiger partial charge is 0.321 e. The van der Waals surface area contributed by atoms with Gasteiger partial charge in [0, 0.05) is 23.4 Å². The monoisotopic (exact) mass is 357 g/mol. The molecule has 0 saturated carbocycles. The minimum atomic E-state index is -0.236. The van der Waals surface area contributed by atoms with Crippen LogP contribution in [0, 0.1) is 0 Å². The quantitative estimate of drug-likeness (QED) is 0.896. The zero-order chi connectivity index (χ0) is 12.4. The molecule has 0 saturated heterocycles. The number of benzene rings is 1. The number of aromatic nitrogens is 2. The molecule has 17 heavy (non-hydrogen) atoms. The van der Waals surface area contributed by atoms with Crippen LogP contribution in [0.4, 0.5) is 5.69 Å². The van der Waals surface area contributed by atoms with Gasteiger partial charge < -0.3 is 5.32 Å². The minimum Gasteiger partial charge on any atom is -0.321 e. The first-order valence-electron chi connectivity index (χ1n) is 4.82. The fraction of sp³-hybridized carbons (Fsp3) is 0.0909. The topological polar surface area (TPSA) is 46.9 Å². The number of amides is 1. The van der Waals surface area contributed by atoms with Crippen LogP contribution in [0.15, 0.2) is 39.4 Å². The second-order valence-electron chi connectivity index (χ2n) is 3.46. The summed E-state index contributed by atoms with van der Waals surface area (Å²) in [6.45, 7) is 0. The number of nitrogens with one attached hydrogen (secondary N) is 1. The van der Waals surface area contributed by atoms with Crippen LogP contribution in [0.25, 0.3) is 0 Å². The summed E-state index contributed by atoms with van der Waals surface area (Å²) < 4.78 is 3.23. The van der Waals surface area contributed by atoms with Crippen molar-refractivity contribution in [3.05, 3.63) is 45.1 Å². The Labute approximate surface area is 115 Å². The lowest BCUT2D eigenvalue weighted by Crippen LogP contribution is -2.13. The second kappa shape index (κ2) is 5.01. The van der Waals surface area contributed by atoms with Crippen molar-refractivity contribution in [1.82, 2.24) is 9.78 Å². The van der Waals surface area contributed by atoms with Crippen LogP contribution < -0.4 is 5.32 Å². The number of aryl methyl sites for hydroxylation is 1. The van der Waals surface area contributed by atoms with Crippen molar-refractivity contribution in [2.24, 2.45) is 7.05 Å². The third kappa shape index (κ3) is 2.95. The van der Waals surface area contributed by atoms with Gasteiger partial charge in [-0.3, -0.25) is 9.48 Å². The van der Waals surface area contributed by atoms with E-state index < -0.39 is 0 Å². The van der Waals surface area contributed by atoms with Crippen molar-refractivity contribution in [2.75, 3.05) is 5.32 Å². The molecule has 1 amide bonds. The van der Waals surface area contributed by atoms with Crippen LogP contribution in [-0.2, 0) is 7.05 Å². The lowest BCUT2D eigenvalue weighted by Gasteiger charge is -2.03. The molecule has 0 aliphatic heterocycles. The van der Waals surface area contributed by atoms with Gasteiger partial charge in [-0.15, -0.1) is 0 Å². The van der Waals surface area contributed by atoms with E-state index >= 15 is 0 Å². The Kier molecular flexibility index (Phi) is 3.63. The Hall–Kier alpha value is -1.14. The molecule has 0 bridgehead atoms. The van der Waals surface area contributed by atoms with E-state index in [0.717, 1.165) is 10.2 Å². The summed E-state index contributed by atoms with van der Waals surface area (Å²) in [6.07, 6.45) is 1.73. The molecule has 6 heteroatoms. The molecule has 0 radical (unpaired) electrons. The summed E-state index contributed by atoms with van der Waals surface area (Å²) in [6, 6.07) is 7.36. The second-order valence-corrected chi connectivity index (χ2v) is 5.23. The number of anilines is 1. The molecule has 2 aromatic rings. The van der Waals surface area contributed by atoms with Crippen molar-refractivity contribution in [3.8, 4) is 0 Å². The maximum absolute atomic E-state index is 11.9. The predicted octanol–water partition coefficient (Wildman–Crippen LogP) is 3.20. The first kappa shape index (κ1) is 12.3. The number of carbonyl (C=O) groups excluding carboxylic acids is 1. The summed E-state index contributed by atoms with van der Waals surface area (Å²) >= 11 is 6.63. The van der Waals surface area contributed by atoms with Crippen molar-refractivity contribution in [1.29, 1.82) is 0 Å². The molecule has 1 heterocycles. The molecule has 1 aromatic heterocycles. The van der Waals surface area contributed by atoms with E-state index in [2.05, 4.69) is 42.3 Å². The zero-order valence-corrected chi connectivity index (χ0v) is 12.1. The lowest BCUT2D eigenvalue weighted by molar-refractivity contribution is 0.102. The maximum Gasteiger partial charge on any atom is 0.277 e. The number of rotatable bonds is 2. The number of hydrogen-bond acceptors (Lipinski definition) is 2. The summed E-state index contributed by atoms with van der Waals surface area (Å²) in [4.78, 5) is 11.9. The molecule has 1 aromatic carbocycles. The average Bonchev–Trinajstić information content (AvgIpc) is 2.61. The number of halogens is 2. The molecular formula is C11H9Br2N3O. The fourth-order valence-corrected chi connectivity index (χ4v) is 2.16. The van der Waals surface area contributed by atoms with Crippen molar-refractivity contribution >= 4 is 43.5 Å². The summed E-state index contributed by atoms with van der Waals surface area (Å²) in [5, 5.41) is 6.85. The highest BCUT2D eigenvalue weighted by atomic mass is 79.9. The molecule has 2 rings (SSSR count). The van der Waals surface area contributed by atoms with Crippen LogP contribution in [-0.4, -0.2) is 15.7 Å². The van der Waals surface area contributed by atoms with Gasteiger partial charge >= 0.3 is 0 Å². The van der Waals surface area contributed by atoms with E-state index in [0.29, 0.717) is 10.2 Å². The van der Waals surface area contributed by atoms with Gasteiger partial charge in [0.25, 0.3) is 5.91 Å². The highest BCUT2D eigenvalue weighted by Gasteiger charge is 2.14. The minimum absolute atomic E-state index is 0.236. The van der Waals surface area contributed by atoms with E-state index in [9.17, 15) is 4.79 Å². The van der Waals surface area contributed by atoms with E-state index in [1.165, 1.54) is 0 Å². The molecule has 0 atom stereocenters. The maximum atomic E-state index is 11.9. The van der Waals surface area contributed by atoms with Gasteiger partial charge in [-0.25, -0.2) is 0 Å². The fourth-order valence-electron chi connectivity index (χ4n) is 1.34. The van der Waals surface area contributed by atoms with E-state index in [-0.39, 0.29) is 5.91 Å². The Morgan fingerprint density at radius 1 is 1.29 bits per heavy atom. The first-order chi connectivity index (χ1) is 8.06. The van der Waals surface area contributed by atoms with Gasteiger partial charge in [0.1, 0.15) is 0 Å². The molecule has 0 unspecified atom stereocenters. The summed E-state index contributed by atoms with van der Waals surface area (Å²) in [5.74, 6) is -0.236. The Balaban J connectivity index is 2.17. The van der Waals surface area contributed by atoms with Crippen molar-refractivity contribution in [3.63, 3.8) is 0 Å². The van der Waals surface area contributed by atoms with Crippen molar-refractivity contribution in [2.45, 2.75) is 0 Å². The van der Waals surface area contributed by atoms with E-state index in [1.54, 1.807) is 17.9 Å². The van der Waals surface area contributed by atoms with Gasteiger partial charge in [-0.05, 0) is 40.2 Å². The smallest absolute Gasteiger partial charge is 0.277 e. The molecular weight excluding hydrogens is 350 g/mol. The lowest BCUT2D eigenvalue weighted by atomic mass is 10.3. The average molecular weight is 359 g/mol. The van der Waals surface area contributed by atoms with Crippen LogP contribution in [0.5, 0.6) is 0 Å². The molecule has 1 N–H and O–H groups in total. The molecule has 0 aliphatic carbocycles. The highest BCUT2D eigenvalue weighted by molar-refractivity contribution is 9.10. The van der Waals surface area contributed by atoms with Gasteiger partial charge in [0.05, 0.1) is 4.47 Å². The van der Waals surface area contributed by atoms with E-state index in [1.807, 2.05) is 24.3 Å². The van der Waals surface area contributed by atoms with Crippen LogP contribution in [0.1, 0.15) is 10.5 Å². The molecule has 0 aliphatic rings. The third-order valence-electron chi connectivity index (χ3n) is 2.10. The Bertz CT molecular complexity index is 548. The van der Waals surface area contributed by atoms with Crippen LogP contribution >= 0.6 is 31.9 Å². The van der Waals surface area contributed by atoms with Crippen LogP contribution in [0.3, 0.4) is 0 Å². The Morgan fingerprint density at radius 2 is 1.94 bits per heavy atom. The first-order valence-corrected chi connectivity index (χ1v) is 6.41. The number of hydrogen-bond donors (Lipinski definition) is 1. The molecule has 4 nitrogen and oxygen atoms in total. The van der Waals surface area contributed by atoms with Crippen LogP contribution in [0.2, 0.25) is 0 Å². The molecule has 0 spiro atoms.